The average Bonchev–Trinajstić information content (AvgIpc) is 3.31. The van der Waals surface area contributed by atoms with Gasteiger partial charge in [0.05, 0.1) is 11.0 Å². The van der Waals surface area contributed by atoms with Crippen molar-refractivity contribution in [1.29, 1.82) is 0 Å². The molecular formula is C37H31N3O2. The molecule has 206 valence electrons. The Morgan fingerprint density at radius 2 is 1.48 bits per heavy atom. The summed E-state index contributed by atoms with van der Waals surface area (Å²) >= 11 is 0. The molecule has 7 rings (SSSR count). The molecule has 5 heteroatoms. The fourth-order valence-corrected chi connectivity index (χ4v) is 5.80. The predicted octanol–water partition coefficient (Wildman–Crippen LogP) is 9.50. The molecule has 0 fully saturated rings. The van der Waals surface area contributed by atoms with Crippen LogP contribution in [0.5, 0.6) is 17.4 Å². The molecule has 0 spiro atoms. The lowest BCUT2D eigenvalue weighted by molar-refractivity contribution is 0.457. The standard InChI is InChI=1S/C37H31N3O2/c1-23-18-29-30(37(2,3)4)21-35(39-36(29)33(41)19-23)42-26-15-16-28-27-12-8-9-13-31(27)40(32(28)20-26)34-17-14-25(22-38-34)24-10-6-5-7-11-24/h5-22,41H,1-4H3. The minimum atomic E-state index is -0.173. The van der Waals surface area contributed by atoms with Crippen LogP contribution in [0, 0.1) is 6.92 Å². The number of hydrogen-bond acceptors (Lipinski definition) is 4. The zero-order valence-electron chi connectivity index (χ0n) is 24.1. The summed E-state index contributed by atoms with van der Waals surface area (Å²) in [7, 11) is 0. The predicted molar refractivity (Wildman–Crippen MR) is 171 cm³/mol. The number of phenolic OH excluding ortho intramolecular Hbond substituents is 1. The Balaban J connectivity index is 1.36. The van der Waals surface area contributed by atoms with Crippen molar-refractivity contribution >= 4 is 32.7 Å². The van der Waals surface area contributed by atoms with Crippen LogP contribution in [0.25, 0.3) is 49.7 Å². The molecule has 42 heavy (non-hydrogen) atoms. The number of rotatable bonds is 4. The van der Waals surface area contributed by atoms with Crippen molar-refractivity contribution in [3.8, 4) is 34.3 Å². The summed E-state index contributed by atoms with van der Waals surface area (Å²) < 4.78 is 8.60. The normalized spacial score (nSPS) is 11.9. The topological polar surface area (TPSA) is 60.2 Å². The van der Waals surface area contributed by atoms with E-state index in [0.29, 0.717) is 17.1 Å². The second-order valence-electron chi connectivity index (χ2n) is 11.8. The van der Waals surface area contributed by atoms with Gasteiger partial charge in [-0.25, -0.2) is 9.97 Å². The number of para-hydroxylation sites is 1. The highest BCUT2D eigenvalue weighted by atomic mass is 16.5. The van der Waals surface area contributed by atoms with Gasteiger partial charge in [0.25, 0.3) is 0 Å². The minimum Gasteiger partial charge on any atom is -0.506 e. The number of benzene rings is 4. The SMILES string of the molecule is Cc1cc(O)c2nc(Oc3ccc4c5ccccc5n(-c5ccc(-c6ccccc6)cn5)c4c3)cc(C(C)(C)C)c2c1. The van der Waals surface area contributed by atoms with E-state index in [9.17, 15) is 5.11 Å². The van der Waals surface area contributed by atoms with Crippen molar-refractivity contribution < 1.29 is 9.84 Å². The highest BCUT2D eigenvalue weighted by Crippen LogP contribution is 2.39. The monoisotopic (exact) mass is 549 g/mol. The second-order valence-corrected chi connectivity index (χ2v) is 11.8. The van der Waals surface area contributed by atoms with Crippen LogP contribution in [-0.4, -0.2) is 19.6 Å². The van der Waals surface area contributed by atoms with Crippen LogP contribution in [-0.2, 0) is 5.41 Å². The Morgan fingerprint density at radius 3 is 2.24 bits per heavy atom. The van der Waals surface area contributed by atoms with Gasteiger partial charge in [-0.2, -0.15) is 0 Å². The number of fused-ring (bicyclic) bond motifs is 4. The lowest BCUT2D eigenvalue weighted by atomic mass is 9.84. The quantitative estimate of drug-likeness (QED) is 0.237. The largest absolute Gasteiger partial charge is 0.506 e. The third-order valence-corrected chi connectivity index (χ3v) is 7.77. The zero-order chi connectivity index (χ0) is 29.0. The molecule has 4 aromatic carbocycles. The summed E-state index contributed by atoms with van der Waals surface area (Å²) in [5.41, 5.74) is 6.69. The van der Waals surface area contributed by atoms with Gasteiger partial charge in [-0.1, -0.05) is 69.3 Å². The van der Waals surface area contributed by atoms with Gasteiger partial charge in [-0.3, -0.25) is 4.57 Å². The number of aryl methyl sites for hydroxylation is 1. The van der Waals surface area contributed by atoms with Crippen molar-refractivity contribution in [2.45, 2.75) is 33.1 Å². The fourth-order valence-electron chi connectivity index (χ4n) is 5.80. The summed E-state index contributed by atoms with van der Waals surface area (Å²) in [6.07, 6.45) is 1.92. The number of hydrogen-bond donors (Lipinski definition) is 1. The minimum absolute atomic E-state index is 0.154. The molecule has 0 radical (unpaired) electrons. The molecule has 5 nitrogen and oxygen atoms in total. The highest BCUT2D eigenvalue weighted by molar-refractivity contribution is 6.09. The van der Waals surface area contributed by atoms with Gasteiger partial charge < -0.3 is 9.84 Å². The number of nitrogens with zero attached hydrogens (tertiary/aromatic N) is 3. The number of aromatic nitrogens is 3. The Bertz CT molecular complexity index is 2100. The van der Waals surface area contributed by atoms with Crippen molar-refractivity contribution in [1.82, 2.24) is 14.5 Å². The molecule has 3 aromatic heterocycles. The van der Waals surface area contributed by atoms with Gasteiger partial charge >= 0.3 is 0 Å². The van der Waals surface area contributed by atoms with Crippen molar-refractivity contribution in [3.05, 3.63) is 120 Å². The van der Waals surface area contributed by atoms with E-state index in [2.05, 4.69) is 86.0 Å². The maximum Gasteiger partial charge on any atom is 0.220 e. The Kier molecular flexibility index (Phi) is 5.98. The van der Waals surface area contributed by atoms with E-state index < -0.39 is 0 Å². The molecule has 1 N–H and O–H groups in total. The van der Waals surface area contributed by atoms with Gasteiger partial charge in [0.2, 0.25) is 5.88 Å². The van der Waals surface area contributed by atoms with E-state index in [4.69, 9.17) is 14.7 Å². The van der Waals surface area contributed by atoms with Crippen molar-refractivity contribution in [2.24, 2.45) is 0 Å². The van der Waals surface area contributed by atoms with Crippen LogP contribution in [0.2, 0.25) is 0 Å². The maximum atomic E-state index is 10.8. The number of ether oxygens (including phenoxy) is 1. The van der Waals surface area contributed by atoms with Crippen LogP contribution >= 0.6 is 0 Å². The molecule has 0 aliphatic carbocycles. The van der Waals surface area contributed by atoms with Gasteiger partial charge in [0.15, 0.2) is 0 Å². The lowest BCUT2D eigenvalue weighted by Crippen LogP contribution is -2.12. The fraction of sp³-hybridized carbons (Fsp3) is 0.135. The van der Waals surface area contributed by atoms with E-state index in [1.807, 2.05) is 49.5 Å². The van der Waals surface area contributed by atoms with E-state index in [1.54, 1.807) is 6.07 Å². The molecule has 0 saturated heterocycles. The van der Waals surface area contributed by atoms with Crippen LogP contribution in [0.15, 0.2) is 109 Å². The molecule has 0 saturated carbocycles. The number of aromatic hydroxyl groups is 1. The van der Waals surface area contributed by atoms with Crippen molar-refractivity contribution in [2.75, 3.05) is 0 Å². The molecule has 0 aliphatic heterocycles. The molecule has 3 heterocycles. The van der Waals surface area contributed by atoms with E-state index in [-0.39, 0.29) is 11.2 Å². The summed E-state index contributed by atoms with van der Waals surface area (Å²) in [6, 6.07) is 34.7. The van der Waals surface area contributed by atoms with Gasteiger partial charge in [-0.05, 0) is 71.5 Å². The second kappa shape index (κ2) is 9.74. The first-order valence-electron chi connectivity index (χ1n) is 14.1. The molecular weight excluding hydrogens is 518 g/mol. The van der Waals surface area contributed by atoms with Crippen LogP contribution in [0.3, 0.4) is 0 Å². The lowest BCUT2D eigenvalue weighted by Gasteiger charge is -2.22. The van der Waals surface area contributed by atoms with Gasteiger partial charge in [-0.15, -0.1) is 0 Å². The van der Waals surface area contributed by atoms with Gasteiger partial charge in [0.1, 0.15) is 22.8 Å². The van der Waals surface area contributed by atoms with Crippen LogP contribution in [0.4, 0.5) is 0 Å². The molecule has 0 amide bonds. The third kappa shape index (κ3) is 4.44. The summed E-state index contributed by atoms with van der Waals surface area (Å²) in [6.45, 7) is 8.46. The Labute approximate surface area is 244 Å². The molecule has 0 atom stereocenters. The van der Waals surface area contributed by atoms with E-state index in [1.165, 1.54) is 0 Å². The van der Waals surface area contributed by atoms with Crippen molar-refractivity contribution in [3.63, 3.8) is 0 Å². The van der Waals surface area contributed by atoms with Gasteiger partial charge in [0, 0.05) is 40.1 Å². The molecule has 0 aliphatic rings. The first-order chi connectivity index (χ1) is 20.3. The van der Waals surface area contributed by atoms with Crippen LogP contribution < -0.4 is 4.74 Å². The molecule has 0 unspecified atom stereocenters. The first-order valence-corrected chi connectivity index (χ1v) is 14.1. The highest BCUT2D eigenvalue weighted by Gasteiger charge is 2.22. The Morgan fingerprint density at radius 1 is 0.714 bits per heavy atom. The zero-order valence-corrected chi connectivity index (χ0v) is 24.1. The summed E-state index contributed by atoms with van der Waals surface area (Å²) in [4.78, 5) is 9.62. The molecule has 0 bridgehead atoms. The summed E-state index contributed by atoms with van der Waals surface area (Å²) in [5, 5.41) is 14.0. The van der Waals surface area contributed by atoms with Crippen LogP contribution in [0.1, 0.15) is 31.9 Å². The molecule has 7 aromatic rings. The number of pyridine rings is 2. The van der Waals surface area contributed by atoms with E-state index >= 15 is 0 Å². The maximum absolute atomic E-state index is 10.8. The number of phenols is 1. The average molecular weight is 550 g/mol. The third-order valence-electron chi connectivity index (χ3n) is 7.77. The first kappa shape index (κ1) is 25.8. The Hall–Kier alpha value is -5.16. The van der Waals surface area contributed by atoms with E-state index in [0.717, 1.165) is 55.3 Å². The summed E-state index contributed by atoms with van der Waals surface area (Å²) in [5.74, 6) is 2.09. The smallest absolute Gasteiger partial charge is 0.220 e.